The minimum Gasteiger partial charge on any atom is -0.234 e. The van der Waals surface area contributed by atoms with Crippen LogP contribution in [0.2, 0.25) is 10.3 Å². The van der Waals surface area contributed by atoms with Gasteiger partial charge in [0.1, 0.15) is 10.3 Å². The lowest BCUT2D eigenvalue weighted by molar-refractivity contribution is 1.37. The van der Waals surface area contributed by atoms with Crippen LogP contribution < -0.4 is 0 Å². The number of aromatic nitrogens is 2. The van der Waals surface area contributed by atoms with Gasteiger partial charge >= 0.3 is 0 Å². The van der Waals surface area contributed by atoms with Gasteiger partial charge in [0.25, 0.3) is 0 Å². The number of hydrogen-bond donors (Lipinski definition) is 0. The van der Waals surface area contributed by atoms with Gasteiger partial charge in [-0.05, 0) is 34.4 Å². The first kappa shape index (κ1) is 17.2. The van der Waals surface area contributed by atoms with Crippen molar-refractivity contribution in [3.63, 3.8) is 0 Å². The van der Waals surface area contributed by atoms with Crippen LogP contribution in [0.15, 0.2) is 84.9 Å². The average molecular weight is 401 g/mol. The zero-order valence-corrected chi connectivity index (χ0v) is 16.2. The van der Waals surface area contributed by atoms with Crippen LogP contribution in [0.5, 0.6) is 0 Å². The van der Waals surface area contributed by atoms with Crippen molar-refractivity contribution in [1.82, 2.24) is 9.97 Å². The summed E-state index contributed by atoms with van der Waals surface area (Å²) in [7, 11) is 0. The third-order valence-electron chi connectivity index (χ3n) is 4.87. The fraction of sp³-hybridized carbons (Fsp3) is 0. The van der Waals surface area contributed by atoms with Crippen LogP contribution in [0.1, 0.15) is 0 Å². The lowest BCUT2D eigenvalue weighted by Gasteiger charge is -2.12. The molecule has 0 unspecified atom stereocenters. The maximum absolute atomic E-state index is 6.40. The predicted octanol–water partition coefficient (Wildman–Crippen LogP) is 7.42. The first-order valence-electron chi connectivity index (χ1n) is 8.91. The Balaban J connectivity index is 1.89. The van der Waals surface area contributed by atoms with Gasteiger partial charge in [0.2, 0.25) is 0 Å². The van der Waals surface area contributed by atoms with Gasteiger partial charge in [-0.15, -0.1) is 0 Å². The molecule has 5 rings (SSSR count). The summed E-state index contributed by atoms with van der Waals surface area (Å²) in [6, 6.07) is 28.3. The number of pyridine rings is 2. The Morgan fingerprint density at radius 3 is 1.29 bits per heavy atom. The molecule has 0 aliphatic rings. The molecule has 0 fully saturated rings. The molecule has 2 nitrogen and oxygen atoms in total. The van der Waals surface area contributed by atoms with Gasteiger partial charge < -0.3 is 0 Å². The smallest absolute Gasteiger partial charge is 0.130 e. The summed E-state index contributed by atoms with van der Waals surface area (Å²) in [5.74, 6) is 0. The molecular weight excluding hydrogens is 387 g/mol. The predicted molar refractivity (Wildman–Crippen MR) is 118 cm³/mol. The summed E-state index contributed by atoms with van der Waals surface area (Å²) in [5.41, 5.74) is 5.73. The van der Waals surface area contributed by atoms with E-state index in [9.17, 15) is 0 Å². The molecule has 5 aromatic rings. The first-order valence-corrected chi connectivity index (χ1v) is 9.67. The second-order valence-corrected chi connectivity index (χ2v) is 7.35. The monoisotopic (exact) mass is 400 g/mol. The molecule has 0 saturated heterocycles. The van der Waals surface area contributed by atoms with E-state index in [4.69, 9.17) is 23.2 Å². The minimum absolute atomic E-state index is 0.432. The van der Waals surface area contributed by atoms with Crippen molar-refractivity contribution in [2.24, 2.45) is 0 Å². The number of nitrogens with zero attached hydrogens (tertiary/aromatic N) is 2. The maximum Gasteiger partial charge on any atom is 0.130 e. The van der Waals surface area contributed by atoms with Crippen LogP contribution >= 0.6 is 23.2 Å². The van der Waals surface area contributed by atoms with Crippen LogP contribution in [0, 0.1) is 0 Å². The second kappa shape index (κ2) is 6.90. The fourth-order valence-electron chi connectivity index (χ4n) is 3.63. The number of fused-ring (bicyclic) bond motifs is 3. The minimum atomic E-state index is 0.432. The molecule has 2 heterocycles. The van der Waals surface area contributed by atoms with Gasteiger partial charge in [-0.25, -0.2) is 9.97 Å². The van der Waals surface area contributed by atoms with Crippen molar-refractivity contribution < 1.29 is 0 Å². The van der Waals surface area contributed by atoms with Crippen LogP contribution in [0.3, 0.4) is 0 Å². The van der Waals surface area contributed by atoms with Crippen LogP contribution in [-0.2, 0) is 0 Å². The van der Waals surface area contributed by atoms with Crippen molar-refractivity contribution in [3.05, 3.63) is 95.2 Å². The molecule has 0 N–H and O–H groups in total. The summed E-state index contributed by atoms with van der Waals surface area (Å²) in [6.45, 7) is 0. The molecule has 134 valence electrons. The Morgan fingerprint density at radius 1 is 0.500 bits per heavy atom. The lowest BCUT2D eigenvalue weighted by atomic mass is 9.96. The molecule has 0 aliphatic carbocycles. The van der Waals surface area contributed by atoms with Gasteiger partial charge in [0.15, 0.2) is 0 Å². The summed E-state index contributed by atoms with van der Waals surface area (Å²) >= 11 is 12.8. The van der Waals surface area contributed by atoms with E-state index in [-0.39, 0.29) is 0 Å². The van der Waals surface area contributed by atoms with E-state index >= 15 is 0 Å². The SMILES string of the molecule is Clc1cc(-c2ccccc2)c2ccc3c(-c4ccccc4)cc(Cl)nc3c2n1. The van der Waals surface area contributed by atoms with E-state index in [1.807, 2.05) is 48.5 Å². The highest BCUT2D eigenvalue weighted by atomic mass is 35.5. The van der Waals surface area contributed by atoms with Crippen LogP contribution in [0.25, 0.3) is 44.1 Å². The molecular formula is C24H14Cl2N2. The van der Waals surface area contributed by atoms with E-state index in [0.717, 1.165) is 44.1 Å². The van der Waals surface area contributed by atoms with Gasteiger partial charge in [0, 0.05) is 10.8 Å². The molecule has 0 bridgehead atoms. The molecule has 0 amide bonds. The Hall–Kier alpha value is -2.94. The third kappa shape index (κ3) is 2.91. The van der Waals surface area contributed by atoms with Crippen molar-refractivity contribution in [3.8, 4) is 22.3 Å². The van der Waals surface area contributed by atoms with E-state index < -0.39 is 0 Å². The van der Waals surface area contributed by atoms with Crippen molar-refractivity contribution in [1.29, 1.82) is 0 Å². The van der Waals surface area contributed by atoms with Gasteiger partial charge in [-0.1, -0.05) is 96.0 Å². The fourth-order valence-corrected chi connectivity index (χ4v) is 4.01. The Kier molecular flexibility index (Phi) is 4.23. The Bertz CT molecular complexity index is 1210. The Labute approximate surface area is 172 Å². The molecule has 0 atom stereocenters. The number of hydrogen-bond acceptors (Lipinski definition) is 2. The Morgan fingerprint density at radius 2 is 0.893 bits per heavy atom. The molecule has 2 aromatic heterocycles. The highest BCUT2D eigenvalue weighted by Crippen LogP contribution is 2.37. The third-order valence-corrected chi connectivity index (χ3v) is 5.25. The summed E-state index contributed by atoms with van der Waals surface area (Å²) < 4.78 is 0. The molecule has 3 aromatic carbocycles. The van der Waals surface area contributed by atoms with E-state index in [0.29, 0.717) is 10.3 Å². The lowest BCUT2D eigenvalue weighted by Crippen LogP contribution is -1.92. The van der Waals surface area contributed by atoms with E-state index in [1.165, 1.54) is 0 Å². The van der Waals surface area contributed by atoms with Crippen LogP contribution in [0.4, 0.5) is 0 Å². The number of halogens is 2. The summed E-state index contributed by atoms with van der Waals surface area (Å²) in [4.78, 5) is 9.22. The largest absolute Gasteiger partial charge is 0.234 e. The number of rotatable bonds is 2. The van der Waals surface area contributed by atoms with Crippen LogP contribution in [-0.4, -0.2) is 9.97 Å². The van der Waals surface area contributed by atoms with Crippen molar-refractivity contribution in [2.45, 2.75) is 0 Å². The van der Waals surface area contributed by atoms with Gasteiger partial charge in [-0.3, -0.25) is 0 Å². The molecule has 0 aliphatic heterocycles. The average Bonchev–Trinajstić information content (AvgIpc) is 2.74. The normalized spacial score (nSPS) is 11.2. The van der Waals surface area contributed by atoms with E-state index in [2.05, 4.69) is 46.4 Å². The van der Waals surface area contributed by atoms with Crippen molar-refractivity contribution in [2.75, 3.05) is 0 Å². The highest BCUT2D eigenvalue weighted by molar-refractivity contribution is 6.32. The maximum atomic E-state index is 6.40. The standard InChI is InChI=1S/C24H14Cl2N2/c25-21-13-19(15-7-3-1-4-8-15)17-11-12-18-20(16-9-5-2-6-10-16)14-22(26)28-24(18)23(17)27-21/h1-14H. The van der Waals surface area contributed by atoms with Gasteiger partial charge in [-0.2, -0.15) is 0 Å². The molecule has 0 spiro atoms. The zero-order valence-electron chi connectivity index (χ0n) is 14.7. The molecule has 0 radical (unpaired) electrons. The topological polar surface area (TPSA) is 25.8 Å². The summed E-state index contributed by atoms with van der Waals surface area (Å²) in [5, 5.41) is 2.86. The number of benzene rings is 3. The zero-order chi connectivity index (χ0) is 19.1. The molecule has 0 saturated carbocycles. The quantitative estimate of drug-likeness (QED) is 0.227. The van der Waals surface area contributed by atoms with Crippen molar-refractivity contribution >= 4 is 45.0 Å². The van der Waals surface area contributed by atoms with E-state index in [1.54, 1.807) is 0 Å². The van der Waals surface area contributed by atoms with Gasteiger partial charge in [0.05, 0.1) is 11.0 Å². The summed E-state index contributed by atoms with van der Waals surface area (Å²) in [6.07, 6.45) is 0. The second-order valence-electron chi connectivity index (χ2n) is 6.58. The highest BCUT2D eigenvalue weighted by Gasteiger charge is 2.14. The molecule has 4 heteroatoms. The molecule has 28 heavy (non-hydrogen) atoms. The first-order chi connectivity index (χ1) is 13.7.